The van der Waals surface area contributed by atoms with Crippen LogP contribution in [0.3, 0.4) is 0 Å². The summed E-state index contributed by atoms with van der Waals surface area (Å²) < 4.78 is 32.8. The molecule has 0 saturated carbocycles. The smallest absolute Gasteiger partial charge is 0.264 e. The maximum absolute atomic E-state index is 13.0. The highest BCUT2D eigenvalue weighted by Crippen LogP contribution is 2.29. The van der Waals surface area contributed by atoms with Crippen LogP contribution in [0.1, 0.15) is 26.3 Å². The Hall–Kier alpha value is -1.85. The molecule has 1 aliphatic rings. The first-order valence-electron chi connectivity index (χ1n) is 8.08. The molecule has 0 radical (unpaired) electrons. The van der Waals surface area contributed by atoms with Crippen LogP contribution < -0.4 is 4.31 Å². The molecule has 24 heavy (non-hydrogen) atoms. The minimum absolute atomic E-state index is 0.0224. The van der Waals surface area contributed by atoms with Gasteiger partial charge in [-0.1, -0.05) is 51.1 Å². The summed E-state index contributed by atoms with van der Waals surface area (Å²) in [6.45, 7) is 7.36. The summed E-state index contributed by atoms with van der Waals surface area (Å²) in [5, 5.41) is 0. The number of rotatable bonds is 5. The molecule has 1 saturated heterocycles. The summed E-state index contributed by atoms with van der Waals surface area (Å²) in [7, 11) is -3.60. The predicted molar refractivity (Wildman–Crippen MR) is 95.9 cm³/mol. The summed E-state index contributed by atoms with van der Waals surface area (Å²) in [6.07, 6.45) is -0.0224. The number of anilines is 1. The van der Waals surface area contributed by atoms with Gasteiger partial charge in [0.1, 0.15) is 0 Å². The van der Waals surface area contributed by atoms with E-state index in [1.165, 1.54) is 9.87 Å². The fraction of sp³-hybridized carbons (Fsp3) is 0.368. The first-order valence-corrected chi connectivity index (χ1v) is 9.52. The van der Waals surface area contributed by atoms with Crippen LogP contribution in [0.5, 0.6) is 0 Å². The second kappa shape index (κ2) is 6.22. The van der Waals surface area contributed by atoms with Crippen LogP contribution in [0.2, 0.25) is 0 Å². The standard InChI is InChI=1S/C19H23NO3S/c1-19(2,3)15-9-11-16(12-10-15)20(13-17-14-23-17)24(21,22)18-7-5-4-6-8-18/h4-12,17H,13-14H2,1-3H3. The van der Waals surface area contributed by atoms with Crippen LogP contribution in [-0.4, -0.2) is 27.7 Å². The topological polar surface area (TPSA) is 49.9 Å². The summed E-state index contributed by atoms with van der Waals surface area (Å²) in [6, 6.07) is 16.3. The van der Waals surface area contributed by atoms with Crippen LogP contribution in [-0.2, 0) is 20.2 Å². The number of sulfonamides is 1. The molecule has 0 aromatic heterocycles. The maximum Gasteiger partial charge on any atom is 0.264 e. The summed E-state index contributed by atoms with van der Waals surface area (Å²) >= 11 is 0. The van der Waals surface area contributed by atoms with E-state index in [2.05, 4.69) is 20.8 Å². The number of hydrogen-bond donors (Lipinski definition) is 0. The van der Waals surface area contributed by atoms with Gasteiger partial charge in [-0.3, -0.25) is 4.31 Å². The van der Waals surface area contributed by atoms with Gasteiger partial charge in [-0.05, 0) is 35.2 Å². The van der Waals surface area contributed by atoms with Crippen molar-refractivity contribution in [3.05, 3.63) is 60.2 Å². The van der Waals surface area contributed by atoms with Gasteiger partial charge in [-0.15, -0.1) is 0 Å². The van der Waals surface area contributed by atoms with E-state index in [9.17, 15) is 8.42 Å². The normalized spacial score (nSPS) is 17.5. The third-order valence-corrected chi connectivity index (χ3v) is 5.93. The molecular weight excluding hydrogens is 322 g/mol. The lowest BCUT2D eigenvalue weighted by molar-refractivity contribution is 0.412. The van der Waals surface area contributed by atoms with E-state index in [-0.39, 0.29) is 11.5 Å². The zero-order valence-corrected chi connectivity index (χ0v) is 15.1. The molecule has 1 aliphatic heterocycles. The van der Waals surface area contributed by atoms with Crippen LogP contribution in [0.4, 0.5) is 5.69 Å². The van der Waals surface area contributed by atoms with E-state index in [1.807, 2.05) is 30.3 Å². The molecular formula is C19H23NO3S. The Morgan fingerprint density at radius 1 is 1.04 bits per heavy atom. The molecule has 1 unspecified atom stereocenters. The number of ether oxygens (including phenoxy) is 1. The molecule has 128 valence electrons. The first kappa shape index (κ1) is 17.0. The average Bonchev–Trinajstić information content (AvgIpc) is 3.37. The van der Waals surface area contributed by atoms with Gasteiger partial charge in [0.2, 0.25) is 0 Å². The largest absolute Gasteiger partial charge is 0.371 e. The third-order valence-electron chi connectivity index (χ3n) is 4.12. The summed E-state index contributed by atoms with van der Waals surface area (Å²) in [5.74, 6) is 0. The number of hydrogen-bond acceptors (Lipinski definition) is 3. The van der Waals surface area contributed by atoms with Crippen LogP contribution in [0.15, 0.2) is 59.5 Å². The van der Waals surface area contributed by atoms with Gasteiger partial charge in [0, 0.05) is 0 Å². The SMILES string of the molecule is CC(C)(C)c1ccc(N(CC2CO2)S(=O)(=O)c2ccccc2)cc1. The molecule has 1 fully saturated rings. The van der Waals surface area contributed by atoms with E-state index in [0.29, 0.717) is 23.7 Å². The van der Waals surface area contributed by atoms with Gasteiger partial charge in [0.15, 0.2) is 0 Å². The Labute approximate surface area is 144 Å². The number of nitrogens with zero attached hydrogens (tertiary/aromatic N) is 1. The van der Waals surface area contributed by atoms with Crippen LogP contribution >= 0.6 is 0 Å². The van der Waals surface area contributed by atoms with Crippen molar-refractivity contribution in [3.63, 3.8) is 0 Å². The summed E-state index contributed by atoms with van der Waals surface area (Å²) in [4.78, 5) is 0.297. The molecule has 0 amide bonds. The van der Waals surface area contributed by atoms with Crippen molar-refractivity contribution in [3.8, 4) is 0 Å². The fourth-order valence-corrected chi connectivity index (χ4v) is 4.07. The molecule has 3 rings (SSSR count). The van der Waals surface area contributed by atoms with E-state index >= 15 is 0 Å². The minimum Gasteiger partial charge on any atom is -0.371 e. The lowest BCUT2D eigenvalue weighted by Crippen LogP contribution is -2.34. The second-order valence-electron chi connectivity index (χ2n) is 7.10. The fourth-order valence-electron chi connectivity index (χ4n) is 2.55. The first-order chi connectivity index (χ1) is 11.3. The minimum atomic E-state index is -3.60. The Balaban J connectivity index is 1.98. The van der Waals surface area contributed by atoms with Gasteiger partial charge >= 0.3 is 0 Å². The van der Waals surface area contributed by atoms with Gasteiger partial charge in [-0.25, -0.2) is 8.42 Å². The predicted octanol–water partition coefficient (Wildman–Crippen LogP) is 3.58. The zero-order valence-electron chi connectivity index (χ0n) is 14.3. The quantitative estimate of drug-likeness (QED) is 0.778. The molecule has 0 spiro atoms. The van der Waals surface area contributed by atoms with Crippen molar-refractivity contribution < 1.29 is 13.2 Å². The van der Waals surface area contributed by atoms with Crippen molar-refractivity contribution in [2.75, 3.05) is 17.5 Å². The molecule has 0 aliphatic carbocycles. The Kier molecular flexibility index (Phi) is 4.40. The van der Waals surface area contributed by atoms with Gasteiger partial charge in [0.25, 0.3) is 10.0 Å². The highest BCUT2D eigenvalue weighted by Gasteiger charge is 2.33. The average molecular weight is 345 g/mol. The second-order valence-corrected chi connectivity index (χ2v) is 8.96. The zero-order chi connectivity index (χ0) is 17.4. The molecule has 2 aromatic rings. The van der Waals surface area contributed by atoms with Crippen molar-refractivity contribution >= 4 is 15.7 Å². The van der Waals surface area contributed by atoms with Crippen molar-refractivity contribution in [1.82, 2.24) is 0 Å². The van der Waals surface area contributed by atoms with Crippen molar-refractivity contribution in [1.29, 1.82) is 0 Å². The number of epoxide rings is 1. The number of benzene rings is 2. The highest BCUT2D eigenvalue weighted by molar-refractivity contribution is 7.92. The van der Waals surface area contributed by atoms with Crippen LogP contribution in [0, 0.1) is 0 Å². The van der Waals surface area contributed by atoms with Gasteiger partial charge in [-0.2, -0.15) is 0 Å². The van der Waals surface area contributed by atoms with Gasteiger partial charge in [0.05, 0.1) is 29.8 Å². The Morgan fingerprint density at radius 2 is 1.62 bits per heavy atom. The van der Waals surface area contributed by atoms with E-state index in [1.54, 1.807) is 24.3 Å². The molecule has 2 aromatic carbocycles. The van der Waals surface area contributed by atoms with E-state index in [4.69, 9.17) is 4.74 Å². The monoisotopic (exact) mass is 345 g/mol. The highest BCUT2D eigenvalue weighted by atomic mass is 32.2. The Bertz CT molecular complexity index is 789. The van der Waals surface area contributed by atoms with E-state index < -0.39 is 10.0 Å². The maximum atomic E-state index is 13.0. The molecule has 0 N–H and O–H groups in total. The van der Waals surface area contributed by atoms with Crippen molar-refractivity contribution in [2.24, 2.45) is 0 Å². The Morgan fingerprint density at radius 3 is 2.12 bits per heavy atom. The van der Waals surface area contributed by atoms with Crippen molar-refractivity contribution in [2.45, 2.75) is 37.2 Å². The summed E-state index contributed by atoms with van der Waals surface area (Å²) in [5.41, 5.74) is 1.87. The molecule has 1 heterocycles. The molecule has 5 heteroatoms. The molecule has 1 atom stereocenters. The van der Waals surface area contributed by atoms with Crippen LogP contribution in [0.25, 0.3) is 0 Å². The lowest BCUT2D eigenvalue weighted by atomic mass is 9.87. The van der Waals surface area contributed by atoms with E-state index in [0.717, 1.165) is 0 Å². The van der Waals surface area contributed by atoms with Gasteiger partial charge < -0.3 is 4.74 Å². The molecule has 4 nitrogen and oxygen atoms in total. The lowest BCUT2D eigenvalue weighted by Gasteiger charge is -2.25. The third kappa shape index (κ3) is 3.62. The molecule has 0 bridgehead atoms.